The first-order valence-electron chi connectivity index (χ1n) is 10.9. The fourth-order valence-electron chi connectivity index (χ4n) is 3.79. The number of rotatable bonds is 7. The monoisotopic (exact) mass is 545 g/mol. The van der Waals surface area contributed by atoms with Crippen molar-refractivity contribution in [3.8, 4) is 0 Å². The summed E-state index contributed by atoms with van der Waals surface area (Å²) >= 11 is 1.87. The van der Waals surface area contributed by atoms with Gasteiger partial charge in [0.05, 0.1) is 13.1 Å². The Hall–Kier alpha value is -1.00. The molecule has 0 radical (unpaired) electrons. The Kier molecular flexibility index (Phi) is 11.3. The molecule has 2 aliphatic rings. The molecule has 6 nitrogen and oxygen atoms in total. The summed E-state index contributed by atoms with van der Waals surface area (Å²) in [5, 5.41) is 3.87. The second kappa shape index (κ2) is 13.4. The van der Waals surface area contributed by atoms with Gasteiger partial charge in [0, 0.05) is 56.0 Å². The normalized spacial score (nSPS) is 18.8. The number of aliphatic imine (C=N–C) groups is 1. The highest BCUT2D eigenvalue weighted by molar-refractivity contribution is 14.0. The first kappa shape index (κ1) is 25.3. The van der Waals surface area contributed by atoms with Crippen LogP contribution in [0.2, 0.25) is 0 Å². The molecular weight excluding hydrogens is 509 g/mol. The predicted molar refractivity (Wildman–Crippen MR) is 137 cm³/mol. The highest BCUT2D eigenvalue weighted by Gasteiger charge is 2.24. The lowest BCUT2D eigenvalue weighted by Crippen LogP contribution is -2.54. The highest BCUT2D eigenvalue weighted by atomic mass is 127. The lowest BCUT2D eigenvalue weighted by Gasteiger charge is -2.36. The van der Waals surface area contributed by atoms with Gasteiger partial charge in [-0.25, -0.2) is 0 Å². The molecule has 30 heavy (non-hydrogen) atoms. The van der Waals surface area contributed by atoms with Crippen LogP contribution >= 0.6 is 35.7 Å². The van der Waals surface area contributed by atoms with Crippen molar-refractivity contribution in [3.63, 3.8) is 0 Å². The Balaban J connectivity index is 0.00000320. The van der Waals surface area contributed by atoms with Gasteiger partial charge in [-0.3, -0.25) is 14.7 Å². The molecule has 1 aromatic carbocycles. The Morgan fingerprint density at radius 1 is 1.07 bits per heavy atom. The van der Waals surface area contributed by atoms with Crippen molar-refractivity contribution in [1.82, 2.24) is 20.0 Å². The van der Waals surface area contributed by atoms with Gasteiger partial charge in [0.15, 0.2) is 5.96 Å². The van der Waals surface area contributed by atoms with Crippen LogP contribution in [0.3, 0.4) is 0 Å². The van der Waals surface area contributed by atoms with Gasteiger partial charge in [-0.1, -0.05) is 25.1 Å². The molecule has 2 heterocycles. The van der Waals surface area contributed by atoms with Crippen molar-refractivity contribution in [2.45, 2.75) is 36.8 Å². The molecule has 0 aliphatic carbocycles. The Morgan fingerprint density at radius 2 is 1.73 bits per heavy atom. The molecule has 8 heteroatoms. The number of halogens is 1. The van der Waals surface area contributed by atoms with Crippen molar-refractivity contribution in [2.75, 3.05) is 58.9 Å². The van der Waals surface area contributed by atoms with E-state index in [1.165, 1.54) is 4.90 Å². The molecule has 1 N–H and O–H groups in total. The van der Waals surface area contributed by atoms with Crippen LogP contribution in [0.4, 0.5) is 0 Å². The summed E-state index contributed by atoms with van der Waals surface area (Å²) in [6.07, 6.45) is 2.31. The van der Waals surface area contributed by atoms with Crippen LogP contribution in [0.1, 0.15) is 26.7 Å². The molecule has 2 saturated heterocycles. The maximum atomic E-state index is 12.4. The molecule has 168 valence electrons. The molecule has 2 aliphatic heterocycles. The smallest absolute Gasteiger partial charge is 0.236 e. The molecule has 1 amide bonds. The number of amides is 1. The van der Waals surface area contributed by atoms with Gasteiger partial charge in [0.25, 0.3) is 0 Å². The molecule has 2 fully saturated rings. The summed E-state index contributed by atoms with van der Waals surface area (Å²) in [7, 11) is 0. The predicted octanol–water partition coefficient (Wildman–Crippen LogP) is 2.99. The van der Waals surface area contributed by atoms with E-state index >= 15 is 0 Å². The van der Waals surface area contributed by atoms with Gasteiger partial charge >= 0.3 is 0 Å². The Bertz CT molecular complexity index is 661. The van der Waals surface area contributed by atoms with E-state index < -0.39 is 0 Å². The maximum absolute atomic E-state index is 12.4. The molecule has 0 spiro atoms. The third-order valence-electron chi connectivity index (χ3n) is 5.40. The summed E-state index contributed by atoms with van der Waals surface area (Å²) < 4.78 is 0. The molecule has 1 unspecified atom stereocenters. The van der Waals surface area contributed by atoms with Crippen LogP contribution < -0.4 is 5.32 Å². The topological polar surface area (TPSA) is 51.2 Å². The third kappa shape index (κ3) is 7.92. The number of benzene rings is 1. The number of piperazine rings is 1. The number of carbonyl (C=O) groups excluding carboxylic acids is 1. The Morgan fingerprint density at radius 3 is 2.37 bits per heavy atom. The summed E-state index contributed by atoms with van der Waals surface area (Å²) in [4.78, 5) is 25.2. The van der Waals surface area contributed by atoms with Gasteiger partial charge in [0.1, 0.15) is 0 Å². The van der Waals surface area contributed by atoms with Gasteiger partial charge in [-0.15, -0.1) is 35.7 Å². The number of guanidine groups is 1. The summed E-state index contributed by atoms with van der Waals surface area (Å²) in [6, 6.07) is 10.5. The van der Waals surface area contributed by atoms with E-state index in [0.717, 1.165) is 71.2 Å². The zero-order chi connectivity index (χ0) is 20.5. The summed E-state index contributed by atoms with van der Waals surface area (Å²) in [5.41, 5.74) is 0. The molecule has 0 bridgehead atoms. The van der Waals surface area contributed by atoms with Gasteiger partial charge < -0.3 is 15.1 Å². The maximum Gasteiger partial charge on any atom is 0.236 e. The van der Waals surface area contributed by atoms with Crippen LogP contribution in [0.5, 0.6) is 0 Å². The largest absolute Gasteiger partial charge is 0.357 e. The minimum atomic E-state index is 0. The van der Waals surface area contributed by atoms with Crippen LogP contribution in [0.25, 0.3) is 0 Å². The minimum Gasteiger partial charge on any atom is -0.357 e. The fraction of sp³-hybridized carbons (Fsp3) is 0.636. The summed E-state index contributed by atoms with van der Waals surface area (Å²) in [6.45, 7) is 12.1. The van der Waals surface area contributed by atoms with Gasteiger partial charge in [0.2, 0.25) is 5.91 Å². The van der Waals surface area contributed by atoms with E-state index in [0.29, 0.717) is 17.7 Å². The van der Waals surface area contributed by atoms with E-state index in [1.54, 1.807) is 0 Å². The SMILES string of the molecule is CCNC(=NCC(C)Sc1ccccc1)N1CCN(CC(=O)N2CCCC2)CC1.I. The van der Waals surface area contributed by atoms with E-state index in [4.69, 9.17) is 4.99 Å². The van der Waals surface area contributed by atoms with E-state index in [-0.39, 0.29) is 24.0 Å². The van der Waals surface area contributed by atoms with Gasteiger partial charge in [-0.2, -0.15) is 0 Å². The standard InChI is InChI=1S/C22H35N5OS.HI/c1-3-23-22(24-17-19(2)29-20-9-5-4-6-10-20)27-15-13-25(14-16-27)18-21(28)26-11-7-8-12-26;/h4-6,9-10,19H,3,7-8,11-18H2,1-2H3,(H,23,24);1H. The first-order valence-corrected chi connectivity index (χ1v) is 11.8. The number of nitrogens with one attached hydrogen (secondary N) is 1. The number of carbonyl (C=O) groups is 1. The minimum absolute atomic E-state index is 0. The van der Waals surface area contributed by atoms with Crippen molar-refractivity contribution < 1.29 is 4.79 Å². The number of likely N-dealkylation sites (tertiary alicyclic amines) is 1. The van der Waals surface area contributed by atoms with Gasteiger partial charge in [-0.05, 0) is 31.9 Å². The average Bonchev–Trinajstić information content (AvgIpc) is 3.28. The van der Waals surface area contributed by atoms with Crippen molar-refractivity contribution in [1.29, 1.82) is 0 Å². The van der Waals surface area contributed by atoms with E-state index in [9.17, 15) is 4.79 Å². The lowest BCUT2D eigenvalue weighted by atomic mass is 10.3. The number of hydrogen-bond acceptors (Lipinski definition) is 4. The molecule has 1 atom stereocenters. The van der Waals surface area contributed by atoms with Crippen LogP contribution in [0.15, 0.2) is 40.2 Å². The molecule has 0 saturated carbocycles. The highest BCUT2D eigenvalue weighted by Crippen LogP contribution is 2.22. The van der Waals surface area contributed by atoms with Crippen LogP contribution in [-0.2, 0) is 4.79 Å². The first-order chi connectivity index (χ1) is 14.2. The van der Waals surface area contributed by atoms with Crippen molar-refractivity contribution >= 4 is 47.6 Å². The molecule has 3 rings (SSSR count). The van der Waals surface area contributed by atoms with Crippen molar-refractivity contribution in [3.05, 3.63) is 30.3 Å². The number of hydrogen-bond donors (Lipinski definition) is 1. The lowest BCUT2D eigenvalue weighted by molar-refractivity contribution is -0.131. The third-order valence-corrected chi connectivity index (χ3v) is 6.50. The summed E-state index contributed by atoms with van der Waals surface area (Å²) in [5.74, 6) is 1.29. The van der Waals surface area contributed by atoms with Crippen LogP contribution in [0, 0.1) is 0 Å². The molecule has 0 aromatic heterocycles. The Labute approximate surface area is 202 Å². The van der Waals surface area contributed by atoms with E-state index in [2.05, 4.69) is 59.3 Å². The number of thioether (sulfide) groups is 1. The quantitative estimate of drug-likeness (QED) is 0.247. The number of nitrogens with zero attached hydrogens (tertiary/aromatic N) is 4. The fourth-order valence-corrected chi connectivity index (χ4v) is 4.71. The second-order valence-electron chi connectivity index (χ2n) is 7.79. The molecule has 1 aromatic rings. The van der Waals surface area contributed by atoms with Crippen molar-refractivity contribution in [2.24, 2.45) is 4.99 Å². The average molecular weight is 546 g/mol. The van der Waals surface area contributed by atoms with E-state index in [1.807, 2.05) is 16.7 Å². The molecular formula is C22H36IN5OS. The van der Waals surface area contributed by atoms with Crippen LogP contribution in [-0.4, -0.2) is 90.7 Å². The zero-order valence-electron chi connectivity index (χ0n) is 18.3. The second-order valence-corrected chi connectivity index (χ2v) is 9.30. The zero-order valence-corrected chi connectivity index (χ0v) is 21.4.